The van der Waals surface area contributed by atoms with E-state index in [1.807, 2.05) is 12.1 Å². The SMILES string of the molecule is COc1ccc(-c2cc(=O)c3c(OC)cc(CO)cc3o2)cc1.O=C1c2c(O)cc(O)cc2O[C@@H](c2ccc(O)cc2)[C@@H]1c1c(O)cc(O)c2c(=O)cc(-c3ccc(O)cc3)oc12. The minimum Gasteiger partial charge on any atom is -0.508 e. The Morgan fingerprint density at radius 2 is 1.19 bits per heavy atom. The molecule has 0 aliphatic carbocycles. The number of ketones is 1. The molecule has 15 heteroatoms. The quantitative estimate of drug-likeness (QED) is 0.0810. The maximum atomic E-state index is 14.1. The molecular formula is C48H36O15. The van der Waals surface area contributed by atoms with Crippen molar-refractivity contribution in [3.8, 4) is 74.4 Å². The van der Waals surface area contributed by atoms with E-state index in [1.54, 1.807) is 31.4 Å². The maximum Gasteiger partial charge on any atom is 0.197 e. The molecule has 0 bridgehead atoms. The fourth-order valence-corrected chi connectivity index (χ4v) is 7.48. The van der Waals surface area contributed by atoms with Gasteiger partial charge in [0, 0.05) is 41.5 Å². The van der Waals surface area contributed by atoms with Gasteiger partial charge in [-0.15, -0.1) is 0 Å². The number of ether oxygens (including phenoxy) is 3. The van der Waals surface area contributed by atoms with Crippen LogP contribution in [-0.2, 0) is 6.61 Å². The lowest BCUT2D eigenvalue weighted by atomic mass is 9.79. The summed E-state index contributed by atoms with van der Waals surface area (Å²) in [7, 11) is 3.07. The average Bonchev–Trinajstić information content (AvgIpc) is 3.26. The zero-order valence-corrected chi connectivity index (χ0v) is 33.2. The molecule has 15 nitrogen and oxygen atoms in total. The second kappa shape index (κ2) is 16.6. The Balaban J connectivity index is 0.000000201. The van der Waals surface area contributed by atoms with Crippen molar-refractivity contribution >= 4 is 27.7 Å². The summed E-state index contributed by atoms with van der Waals surface area (Å²) >= 11 is 0. The van der Waals surface area contributed by atoms with Crippen molar-refractivity contribution < 1.29 is 63.6 Å². The summed E-state index contributed by atoms with van der Waals surface area (Å²) in [6.07, 6.45) is -1.19. The molecule has 0 saturated heterocycles. The van der Waals surface area contributed by atoms with Crippen LogP contribution >= 0.6 is 0 Å². The van der Waals surface area contributed by atoms with Crippen molar-refractivity contribution in [1.82, 2.24) is 0 Å². The van der Waals surface area contributed by atoms with Crippen molar-refractivity contribution in [3.05, 3.63) is 158 Å². The minimum atomic E-state index is -1.42. The Morgan fingerprint density at radius 1 is 0.587 bits per heavy atom. The Kier molecular flexibility index (Phi) is 10.9. The third-order valence-corrected chi connectivity index (χ3v) is 10.5. The second-order valence-corrected chi connectivity index (χ2v) is 14.4. The van der Waals surface area contributed by atoms with Crippen LogP contribution < -0.4 is 25.1 Å². The van der Waals surface area contributed by atoms with Gasteiger partial charge < -0.3 is 58.8 Å². The van der Waals surface area contributed by atoms with Crippen molar-refractivity contribution in [2.75, 3.05) is 14.2 Å². The van der Waals surface area contributed by atoms with E-state index in [9.17, 15) is 50.1 Å². The topological polar surface area (TPSA) is 247 Å². The van der Waals surface area contributed by atoms with E-state index >= 15 is 0 Å². The molecule has 0 unspecified atom stereocenters. The number of methoxy groups -OCH3 is 2. The number of carbonyl (C=O) groups is 1. The third-order valence-electron chi connectivity index (χ3n) is 10.5. The monoisotopic (exact) mass is 852 g/mol. The molecule has 8 aromatic rings. The summed E-state index contributed by atoms with van der Waals surface area (Å²) in [5, 5.41) is 71.2. The van der Waals surface area contributed by atoms with Gasteiger partial charge in [-0.2, -0.15) is 0 Å². The Hall–Kier alpha value is -8.43. The van der Waals surface area contributed by atoms with E-state index in [2.05, 4.69) is 0 Å². The standard InChI is InChI=1S/C30H20O10.C18H16O5/c31-15-5-1-13(2-6-15)22-12-21(37)24-19(35)11-20(36)26(30(24)39-22)27-28(38)25-18(34)9-17(33)10-23(25)40-29(27)14-3-7-16(32)8-4-14;1-21-13-5-3-12(4-6-13)15-9-14(20)18-16(22-2)7-11(10-19)8-17(18)23-15/h1-12,27,29,31-36H;3-9,19H,10H2,1-2H3/t27-,29+;/m1./s1. The molecule has 318 valence electrons. The highest BCUT2D eigenvalue weighted by atomic mass is 16.5. The van der Waals surface area contributed by atoms with Crippen molar-refractivity contribution in [2.45, 2.75) is 18.6 Å². The lowest BCUT2D eigenvalue weighted by Gasteiger charge is -2.34. The molecule has 0 fully saturated rings. The normalized spacial score (nSPS) is 14.4. The summed E-state index contributed by atoms with van der Waals surface area (Å²) in [5.41, 5.74) is 0.921. The van der Waals surface area contributed by atoms with Gasteiger partial charge in [-0.25, -0.2) is 0 Å². The van der Waals surface area contributed by atoms with Crippen molar-refractivity contribution in [3.63, 3.8) is 0 Å². The van der Waals surface area contributed by atoms with Crippen LogP contribution in [-0.4, -0.2) is 55.7 Å². The number of rotatable bonds is 7. The number of aromatic hydroxyl groups is 6. The molecule has 0 saturated carbocycles. The lowest BCUT2D eigenvalue weighted by molar-refractivity contribution is 0.0772. The van der Waals surface area contributed by atoms with Gasteiger partial charge in [0.2, 0.25) is 0 Å². The number of aliphatic hydroxyl groups excluding tert-OH is 1. The van der Waals surface area contributed by atoms with Crippen LogP contribution in [0.15, 0.2) is 134 Å². The fourth-order valence-electron chi connectivity index (χ4n) is 7.48. The zero-order valence-electron chi connectivity index (χ0n) is 33.2. The molecule has 2 aromatic heterocycles. The van der Waals surface area contributed by atoms with Crippen LogP contribution in [0.5, 0.6) is 51.7 Å². The number of benzene rings is 6. The van der Waals surface area contributed by atoms with Crippen LogP contribution in [0.3, 0.4) is 0 Å². The molecule has 1 aliphatic rings. The zero-order chi connectivity index (χ0) is 44.7. The highest BCUT2D eigenvalue weighted by Crippen LogP contribution is 2.52. The van der Waals surface area contributed by atoms with E-state index in [-0.39, 0.29) is 62.9 Å². The van der Waals surface area contributed by atoms with E-state index < -0.39 is 40.5 Å². The van der Waals surface area contributed by atoms with Crippen molar-refractivity contribution in [1.29, 1.82) is 0 Å². The minimum absolute atomic E-state index is 0.0194. The molecule has 0 amide bonds. The van der Waals surface area contributed by atoms with Crippen LogP contribution in [0, 0.1) is 0 Å². The molecule has 0 spiro atoms. The predicted molar refractivity (Wildman–Crippen MR) is 228 cm³/mol. The molecule has 9 rings (SSSR count). The number of aliphatic hydroxyl groups is 1. The molecule has 6 aromatic carbocycles. The Labute approximate surface area is 355 Å². The molecular weight excluding hydrogens is 817 g/mol. The molecule has 1 aliphatic heterocycles. The van der Waals surface area contributed by atoms with Crippen LogP contribution in [0.25, 0.3) is 44.6 Å². The summed E-state index contributed by atoms with van der Waals surface area (Å²) in [6.45, 7) is -0.164. The van der Waals surface area contributed by atoms with Crippen LogP contribution in [0.1, 0.15) is 39.1 Å². The molecule has 7 N–H and O–H groups in total. The highest BCUT2D eigenvalue weighted by Gasteiger charge is 2.44. The molecule has 3 heterocycles. The van der Waals surface area contributed by atoms with Gasteiger partial charge in [0.1, 0.15) is 96.9 Å². The number of hydrogen-bond donors (Lipinski definition) is 7. The first-order chi connectivity index (χ1) is 30.3. The predicted octanol–water partition coefficient (Wildman–Crippen LogP) is 7.76. The Morgan fingerprint density at radius 3 is 1.81 bits per heavy atom. The van der Waals surface area contributed by atoms with Crippen LogP contribution in [0.2, 0.25) is 0 Å². The molecule has 63 heavy (non-hydrogen) atoms. The van der Waals surface area contributed by atoms with E-state index in [4.69, 9.17) is 23.0 Å². The number of phenols is 6. The lowest BCUT2D eigenvalue weighted by Crippen LogP contribution is -2.30. The fraction of sp³-hybridized carbons (Fsp3) is 0.104. The third kappa shape index (κ3) is 7.75. The number of hydrogen-bond acceptors (Lipinski definition) is 15. The summed E-state index contributed by atoms with van der Waals surface area (Å²) in [6, 6.07) is 27.6. The first-order valence-electron chi connectivity index (χ1n) is 19.1. The maximum absolute atomic E-state index is 14.1. The van der Waals surface area contributed by atoms with Gasteiger partial charge in [0.05, 0.1) is 32.3 Å². The van der Waals surface area contributed by atoms with Gasteiger partial charge in [0.15, 0.2) is 16.6 Å². The van der Waals surface area contributed by atoms with E-state index in [1.165, 1.54) is 61.7 Å². The summed E-state index contributed by atoms with van der Waals surface area (Å²) < 4.78 is 28.4. The second-order valence-electron chi connectivity index (χ2n) is 14.4. The number of phenolic OH excluding ortho intramolecular Hbond substituents is 6. The number of fused-ring (bicyclic) bond motifs is 3. The smallest absolute Gasteiger partial charge is 0.197 e. The first kappa shape index (κ1) is 41.3. The first-order valence-corrected chi connectivity index (χ1v) is 19.1. The number of Topliss-reactive ketones (excluding diaryl/α,β-unsaturated/α-hetero) is 1. The highest BCUT2D eigenvalue weighted by molar-refractivity contribution is 6.09. The largest absolute Gasteiger partial charge is 0.508 e. The van der Waals surface area contributed by atoms with Gasteiger partial charge >= 0.3 is 0 Å². The molecule has 2 atom stereocenters. The van der Waals surface area contributed by atoms with Gasteiger partial charge in [-0.1, -0.05) is 12.1 Å². The van der Waals surface area contributed by atoms with Crippen molar-refractivity contribution in [2.24, 2.45) is 0 Å². The molecule has 0 radical (unpaired) electrons. The summed E-state index contributed by atoms with van der Waals surface area (Å²) in [4.78, 5) is 39.7. The number of carbonyl (C=O) groups excluding carboxylic acids is 1. The van der Waals surface area contributed by atoms with Gasteiger partial charge in [-0.05, 0) is 83.9 Å². The van der Waals surface area contributed by atoms with E-state index in [0.717, 1.165) is 35.6 Å². The van der Waals surface area contributed by atoms with Gasteiger partial charge in [-0.3, -0.25) is 14.4 Å². The van der Waals surface area contributed by atoms with Crippen LogP contribution in [0.4, 0.5) is 0 Å². The summed E-state index contributed by atoms with van der Waals surface area (Å²) in [5.74, 6) is -2.83. The van der Waals surface area contributed by atoms with E-state index in [0.29, 0.717) is 39.2 Å². The Bertz CT molecular complexity index is 3170. The average molecular weight is 853 g/mol. The van der Waals surface area contributed by atoms with Gasteiger partial charge in [0.25, 0.3) is 0 Å².